The summed E-state index contributed by atoms with van der Waals surface area (Å²) in [5, 5.41) is 4.04. The SMILES string of the molecule is COc1ccc2c(CC(=O)N[C@@H](C)CCCC(C)C)coc2c1. The molecule has 1 N–H and O–H groups in total. The Hall–Kier alpha value is -1.97. The van der Waals surface area contributed by atoms with E-state index in [0.717, 1.165) is 35.1 Å². The number of amides is 1. The lowest BCUT2D eigenvalue weighted by Crippen LogP contribution is -2.33. The number of nitrogens with one attached hydrogen (secondary N) is 1. The van der Waals surface area contributed by atoms with Gasteiger partial charge in [-0.1, -0.05) is 26.7 Å². The summed E-state index contributed by atoms with van der Waals surface area (Å²) in [6.45, 7) is 6.51. The minimum atomic E-state index is 0.0422. The number of hydrogen-bond acceptors (Lipinski definition) is 3. The minimum absolute atomic E-state index is 0.0422. The predicted molar refractivity (Wildman–Crippen MR) is 92.8 cm³/mol. The van der Waals surface area contributed by atoms with Crippen LogP contribution in [-0.4, -0.2) is 19.1 Å². The zero-order chi connectivity index (χ0) is 16.8. The lowest BCUT2D eigenvalue weighted by molar-refractivity contribution is -0.121. The van der Waals surface area contributed by atoms with Gasteiger partial charge in [0, 0.05) is 23.1 Å². The van der Waals surface area contributed by atoms with E-state index in [2.05, 4.69) is 26.1 Å². The number of ether oxygens (including phenoxy) is 1. The highest BCUT2D eigenvalue weighted by Gasteiger charge is 2.13. The van der Waals surface area contributed by atoms with Crippen LogP contribution >= 0.6 is 0 Å². The molecule has 0 unspecified atom stereocenters. The van der Waals surface area contributed by atoms with Gasteiger partial charge in [0.15, 0.2) is 0 Å². The molecule has 4 nitrogen and oxygen atoms in total. The first-order chi connectivity index (χ1) is 11.0. The summed E-state index contributed by atoms with van der Waals surface area (Å²) in [5.74, 6) is 1.51. The number of rotatable bonds is 8. The van der Waals surface area contributed by atoms with Gasteiger partial charge in [-0.3, -0.25) is 4.79 Å². The summed E-state index contributed by atoms with van der Waals surface area (Å²) in [6.07, 6.45) is 5.37. The third-order valence-corrected chi connectivity index (χ3v) is 4.04. The van der Waals surface area contributed by atoms with Gasteiger partial charge in [-0.2, -0.15) is 0 Å². The second-order valence-corrected chi connectivity index (χ2v) is 6.59. The molecule has 0 saturated carbocycles. The predicted octanol–water partition coefficient (Wildman–Crippen LogP) is 4.31. The average Bonchev–Trinajstić information content (AvgIpc) is 2.88. The third-order valence-electron chi connectivity index (χ3n) is 4.04. The van der Waals surface area contributed by atoms with E-state index in [1.54, 1.807) is 13.4 Å². The molecular weight excluding hydrogens is 290 g/mol. The number of carbonyl (C=O) groups is 1. The molecule has 4 heteroatoms. The molecule has 0 radical (unpaired) electrons. The van der Waals surface area contributed by atoms with Crippen molar-refractivity contribution in [2.75, 3.05) is 7.11 Å². The van der Waals surface area contributed by atoms with Gasteiger partial charge < -0.3 is 14.5 Å². The van der Waals surface area contributed by atoms with Gasteiger partial charge in [-0.15, -0.1) is 0 Å². The first kappa shape index (κ1) is 17.4. The van der Waals surface area contributed by atoms with Crippen LogP contribution in [0.25, 0.3) is 11.0 Å². The van der Waals surface area contributed by atoms with Gasteiger partial charge in [0.05, 0.1) is 19.8 Å². The number of carbonyl (C=O) groups excluding carboxylic acids is 1. The summed E-state index contributed by atoms with van der Waals surface area (Å²) in [6, 6.07) is 5.87. The van der Waals surface area contributed by atoms with Crippen LogP contribution in [0.4, 0.5) is 0 Å². The van der Waals surface area contributed by atoms with E-state index in [-0.39, 0.29) is 11.9 Å². The fourth-order valence-corrected chi connectivity index (χ4v) is 2.73. The number of methoxy groups -OCH3 is 1. The highest BCUT2D eigenvalue weighted by atomic mass is 16.5. The summed E-state index contributed by atoms with van der Waals surface area (Å²) in [4.78, 5) is 12.2. The monoisotopic (exact) mass is 317 g/mol. The van der Waals surface area contributed by atoms with E-state index in [1.165, 1.54) is 6.42 Å². The van der Waals surface area contributed by atoms with Crippen molar-refractivity contribution in [3.8, 4) is 5.75 Å². The Balaban J connectivity index is 1.90. The maximum Gasteiger partial charge on any atom is 0.224 e. The van der Waals surface area contributed by atoms with Gasteiger partial charge in [0.1, 0.15) is 11.3 Å². The summed E-state index contributed by atoms with van der Waals surface area (Å²) < 4.78 is 10.7. The minimum Gasteiger partial charge on any atom is -0.497 e. The first-order valence-electron chi connectivity index (χ1n) is 8.33. The number of fused-ring (bicyclic) bond motifs is 1. The molecule has 1 heterocycles. The molecule has 2 rings (SSSR count). The molecule has 0 aliphatic carbocycles. The molecule has 126 valence electrons. The summed E-state index contributed by atoms with van der Waals surface area (Å²) in [5.41, 5.74) is 1.66. The second kappa shape index (κ2) is 8.04. The standard InChI is InChI=1S/C19H27NO3/c1-13(2)6-5-7-14(3)20-19(21)10-15-12-23-18-11-16(22-4)8-9-17(15)18/h8-9,11-14H,5-7,10H2,1-4H3,(H,20,21)/t14-/m0/s1. The van der Waals surface area contributed by atoms with E-state index in [1.807, 2.05) is 18.2 Å². The van der Waals surface area contributed by atoms with Gasteiger partial charge in [0.25, 0.3) is 0 Å². The molecule has 1 atom stereocenters. The molecule has 0 saturated heterocycles. The molecule has 1 aromatic heterocycles. The Kier molecular flexibility index (Phi) is 6.08. The highest BCUT2D eigenvalue weighted by molar-refractivity contribution is 5.88. The quantitative estimate of drug-likeness (QED) is 0.789. The van der Waals surface area contributed by atoms with Crippen LogP contribution in [-0.2, 0) is 11.2 Å². The highest BCUT2D eigenvalue weighted by Crippen LogP contribution is 2.25. The molecule has 0 spiro atoms. The van der Waals surface area contributed by atoms with Crippen LogP contribution in [0.1, 0.15) is 45.6 Å². The number of benzene rings is 1. The molecule has 0 aliphatic rings. The van der Waals surface area contributed by atoms with Crippen LogP contribution in [0.3, 0.4) is 0 Å². The molecule has 1 amide bonds. The maximum absolute atomic E-state index is 12.2. The van der Waals surface area contributed by atoms with Crippen LogP contribution in [0.5, 0.6) is 5.75 Å². The van der Waals surface area contributed by atoms with Gasteiger partial charge in [-0.25, -0.2) is 0 Å². The van der Waals surface area contributed by atoms with Crippen LogP contribution in [0, 0.1) is 5.92 Å². The van der Waals surface area contributed by atoms with E-state index in [4.69, 9.17) is 9.15 Å². The lowest BCUT2D eigenvalue weighted by atomic mass is 10.0. The molecule has 0 aliphatic heterocycles. The van der Waals surface area contributed by atoms with Crippen LogP contribution in [0.15, 0.2) is 28.9 Å². The fourth-order valence-electron chi connectivity index (χ4n) is 2.73. The second-order valence-electron chi connectivity index (χ2n) is 6.59. The summed E-state index contributed by atoms with van der Waals surface area (Å²) >= 11 is 0. The largest absolute Gasteiger partial charge is 0.497 e. The van der Waals surface area contributed by atoms with Crippen molar-refractivity contribution in [1.29, 1.82) is 0 Å². The van der Waals surface area contributed by atoms with Crippen molar-refractivity contribution < 1.29 is 13.9 Å². The normalized spacial score (nSPS) is 12.6. The average molecular weight is 317 g/mol. The third kappa shape index (κ3) is 5.02. The van der Waals surface area contributed by atoms with E-state index in [9.17, 15) is 4.79 Å². The van der Waals surface area contributed by atoms with Gasteiger partial charge >= 0.3 is 0 Å². The van der Waals surface area contributed by atoms with E-state index < -0.39 is 0 Å². The Labute approximate surface area is 138 Å². The smallest absolute Gasteiger partial charge is 0.224 e. The zero-order valence-electron chi connectivity index (χ0n) is 14.5. The van der Waals surface area contributed by atoms with Crippen molar-refractivity contribution in [1.82, 2.24) is 5.32 Å². The molecule has 23 heavy (non-hydrogen) atoms. The Morgan fingerprint density at radius 1 is 1.26 bits per heavy atom. The van der Waals surface area contributed by atoms with Crippen molar-refractivity contribution in [2.24, 2.45) is 5.92 Å². The Morgan fingerprint density at radius 2 is 2.04 bits per heavy atom. The molecule has 0 bridgehead atoms. The summed E-state index contributed by atoms with van der Waals surface area (Å²) in [7, 11) is 1.62. The molecular formula is C19H27NO3. The van der Waals surface area contributed by atoms with E-state index >= 15 is 0 Å². The lowest BCUT2D eigenvalue weighted by Gasteiger charge is -2.14. The van der Waals surface area contributed by atoms with Crippen LogP contribution in [0.2, 0.25) is 0 Å². The van der Waals surface area contributed by atoms with Crippen molar-refractivity contribution in [2.45, 2.75) is 52.5 Å². The maximum atomic E-state index is 12.2. The van der Waals surface area contributed by atoms with Gasteiger partial charge in [-0.05, 0) is 31.4 Å². The van der Waals surface area contributed by atoms with Crippen molar-refractivity contribution >= 4 is 16.9 Å². The molecule has 0 fully saturated rings. The zero-order valence-corrected chi connectivity index (χ0v) is 14.5. The number of furan rings is 1. The topological polar surface area (TPSA) is 51.5 Å². The Morgan fingerprint density at radius 3 is 2.74 bits per heavy atom. The molecule has 1 aromatic carbocycles. The van der Waals surface area contributed by atoms with Crippen molar-refractivity contribution in [3.63, 3.8) is 0 Å². The molecule has 2 aromatic rings. The van der Waals surface area contributed by atoms with E-state index in [0.29, 0.717) is 12.3 Å². The number of hydrogen-bond donors (Lipinski definition) is 1. The Bertz CT molecular complexity index is 645. The van der Waals surface area contributed by atoms with Gasteiger partial charge in [0.2, 0.25) is 5.91 Å². The van der Waals surface area contributed by atoms with Crippen LogP contribution < -0.4 is 10.1 Å². The fraction of sp³-hybridized carbons (Fsp3) is 0.526. The first-order valence-corrected chi connectivity index (χ1v) is 8.33. The van der Waals surface area contributed by atoms with Crippen molar-refractivity contribution in [3.05, 3.63) is 30.0 Å².